The van der Waals surface area contributed by atoms with E-state index in [1.165, 1.54) is 0 Å². The zero-order chi connectivity index (χ0) is 16.8. The van der Waals surface area contributed by atoms with E-state index in [4.69, 9.17) is 20.6 Å². The van der Waals surface area contributed by atoms with Crippen LogP contribution in [-0.2, 0) is 13.6 Å². The molecule has 1 aromatic rings. The minimum absolute atomic E-state index is 0.317. The van der Waals surface area contributed by atoms with Gasteiger partial charge in [-0.2, -0.15) is 0 Å². The van der Waals surface area contributed by atoms with Crippen molar-refractivity contribution in [2.45, 2.75) is 26.6 Å². The van der Waals surface area contributed by atoms with Gasteiger partial charge in [-0.3, -0.25) is 9.46 Å². The highest BCUT2D eigenvalue weighted by molar-refractivity contribution is 7.54. The standard InChI is InChI=1S/C16H25ClNO3P/c1-6-20-22(19,21-7-2)16(18(4)5)12-15(17)14-10-8-13(3)9-11-14/h8-12,16H,6-7H2,1-5H3/b15-12-. The van der Waals surface area contributed by atoms with Crippen LogP contribution in [0.2, 0.25) is 0 Å². The van der Waals surface area contributed by atoms with Crippen LogP contribution in [0.4, 0.5) is 0 Å². The number of likely N-dealkylation sites (N-methyl/N-ethyl adjacent to an activating group) is 1. The molecule has 0 amide bonds. The van der Waals surface area contributed by atoms with Gasteiger partial charge in [-0.25, -0.2) is 0 Å². The lowest BCUT2D eigenvalue weighted by molar-refractivity contribution is 0.196. The van der Waals surface area contributed by atoms with E-state index in [-0.39, 0.29) is 0 Å². The monoisotopic (exact) mass is 345 g/mol. The maximum atomic E-state index is 13.0. The first-order valence-electron chi connectivity index (χ1n) is 7.33. The van der Waals surface area contributed by atoms with Gasteiger partial charge in [-0.05, 0) is 46.5 Å². The largest absolute Gasteiger partial charge is 0.351 e. The van der Waals surface area contributed by atoms with Crippen molar-refractivity contribution in [1.29, 1.82) is 0 Å². The van der Waals surface area contributed by atoms with Crippen LogP contribution in [0.3, 0.4) is 0 Å². The second kappa shape index (κ2) is 8.85. The number of aryl methyl sites for hydroxylation is 1. The highest BCUT2D eigenvalue weighted by Crippen LogP contribution is 2.54. The molecule has 124 valence electrons. The van der Waals surface area contributed by atoms with Gasteiger partial charge >= 0.3 is 7.60 Å². The lowest BCUT2D eigenvalue weighted by atomic mass is 10.1. The zero-order valence-electron chi connectivity index (χ0n) is 13.9. The third kappa shape index (κ3) is 5.22. The van der Waals surface area contributed by atoms with E-state index in [2.05, 4.69) is 0 Å². The highest BCUT2D eigenvalue weighted by atomic mass is 35.5. The third-order valence-corrected chi connectivity index (χ3v) is 5.93. The van der Waals surface area contributed by atoms with Crippen LogP contribution >= 0.6 is 19.2 Å². The molecule has 0 N–H and O–H groups in total. The summed E-state index contributed by atoms with van der Waals surface area (Å²) in [6.07, 6.45) is 1.73. The van der Waals surface area contributed by atoms with Crippen LogP contribution in [0.25, 0.3) is 5.03 Å². The molecular weight excluding hydrogens is 321 g/mol. The van der Waals surface area contributed by atoms with Crippen LogP contribution in [0, 0.1) is 6.92 Å². The van der Waals surface area contributed by atoms with Gasteiger partial charge in [0, 0.05) is 5.03 Å². The Bertz CT molecular complexity index is 533. The Morgan fingerprint density at radius 1 is 1.23 bits per heavy atom. The summed E-state index contributed by atoms with van der Waals surface area (Å²) in [4.78, 5) is 1.79. The van der Waals surface area contributed by atoms with Crippen LogP contribution < -0.4 is 0 Å². The van der Waals surface area contributed by atoms with E-state index in [1.54, 1.807) is 24.8 Å². The summed E-state index contributed by atoms with van der Waals surface area (Å²) in [5.41, 5.74) is 2.03. The number of hydrogen-bond acceptors (Lipinski definition) is 4. The molecule has 0 saturated heterocycles. The summed E-state index contributed by atoms with van der Waals surface area (Å²) in [6.45, 7) is 6.24. The maximum Gasteiger partial charge on any atom is 0.351 e. The number of hydrogen-bond donors (Lipinski definition) is 0. The molecule has 0 aliphatic carbocycles. The molecule has 0 heterocycles. The predicted octanol–water partition coefficient (Wildman–Crippen LogP) is 4.73. The Morgan fingerprint density at radius 2 is 1.73 bits per heavy atom. The van der Waals surface area contributed by atoms with Crippen molar-refractivity contribution >= 4 is 24.2 Å². The van der Waals surface area contributed by atoms with Crippen LogP contribution in [0.1, 0.15) is 25.0 Å². The average Bonchev–Trinajstić information content (AvgIpc) is 2.45. The van der Waals surface area contributed by atoms with Crippen molar-refractivity contribution in [3.63, 3.8) is 0 Å². The quantitative estimate of drug-likeness (QED) is 0.638. The average molecular weight is 346 g/mol. The first kappa shape index (κ1) is 19.4. The predicted molar refractivity (Wildman–Crippen MR) is 93.3 cm³/mol. The number of benzene rings is 1. The third-order valence-electron chi connectivity index (χ3n) is 3.09. The van der Waals surface area contributed by atoms with Crippen molar-refractivity contribution < 1.29 is 13.6 Å². The van der Waals surface area contributed by atoms with Crippen molar-refractivity contribution in [2.75, 3.05) is 27.3 Å². The van der Waals surface area contributed by atoms with Crippen molar-refractivity contribution in [1.82, 2.24) is 4.90 Å². The molecular formula is C16H25ClNO3P. The topological polar surface area (TPSA) is 38.8 Å². The van der Waals surface area contributed by atoms with Crippen molar-refractivity contribution in [3.05, 3.63) is 41.5 Å². The summed E-state index contributed by atoms with van der Waals surface area (Å²) in [5.74, 6) is -0.541. The van der Waals surface area contributed by atoms with Gasteiger partial charge < -0.3 is 9.05 Å². The van der Waals surface area contributed by atoms with E-state index in [0.29, 0.717) is 18.2 Å². The maximum absolute atomic E-state index is 13.0. The van der Waals surface area contributed by atoms with Crippen LogP contribution in [0.15, 0.2) is 30.3 Å². The fraction of sp³-hybridized carbons (Fsp3) is 0.500. The van der Waals surface area contributed by atoms with E-state index in [1.807, 2.05) is 45.3 Å². The number of halogens is 1. The summed E-state index contributed by atoms with van der Waals surface area (Å²) in [7, 11) is 0.345. The number of nitrogens with zero attached hydrogens (tertiary/aromatic N) is 1. The Hall–Kier alpha value is -0.640. The molecule has 1 unspecified atom stereocenters. The molecule has 0 saturated carbocycles. The lowest BCUT2D eigenvalue weighted by Crippen LogP contribution is -2.28. The fourth-order valence-corrected chi connectivity index (χ4v) is 4.34. The SMILES string of the molecule is CCOP(=O)(OCC)C(/C=C(\Cl)c1ccc(C)cc1)N(C)C. The molecule has 0 spiro atoms. The Balaban J connectivity index is 3.16. The van der Waals surface area contributed by atoms with E-state index in [0.717, 1.165) is 11.1 Å². The second-order valence-corrected chi connectivity index (χ2v) is 7.67. The van der Waals surface area contributed by atoms with Crippen LogP contribution in [-0.4, -0.2) is 38.0 Å². The Kier molecular flexibility index (Phi) is 7.81. The number of rotatable bonds is 8. The summed E-state index contributed by atoms with van der Waals surface area (Å²) in [6, 6.07) is 7.85. The Labute approximate surface area is 138 Å². The van der Waals surface area contributed by atoms with Gasteiger partial charge in [0.1, 0.15) is 5.78 Å². The Morgan fingerprint density at radius 3 is 2.14 bits per heavy atom. The van der Waals surface area contributed by atoms with Crippen molar-refractivity contribution in [2.24, 2.45) is 0 Å². The van der Waals surface area contributed by atoms with E-state index in [9.17, 15) is 4.57 Å². The van der Waals surface area contributed by atoms with Gasteiger partial charge in [-0.1, -0.05) is 41.4 Å². The van der Waals surface area contributed by atoms with Crippen LogP contribution in [0.5, 0.6) is 0 Å². The molecule has 4 nitrogen and oxygen atoms in total. The molecule has 1 rings (SSSR count). The molecule has 0 aliphatic heterocycles. The van der Waals surface area contributed by atoms with Gasteiger partial charge in [-0.15, -0.1) is 0 Å². The highest BCUT2D eigenvalue weighted by Gasteiger charge is 2.36. The molecule has 0 aromatic heterocycles. The minimum Gasteiger partial charge on any atom is -0.308 e. The summed E-state index contributed by atoms with van der Waals surface area (Å²) >= 11 is 6.41. The molecule has 0 bridgehead atoms. The van der Waals surface area contributed by atoms with Gasteiger partial charge in [0.25, 0.3) is 0 Å². The zero-order valence-corrected chi connectivity index (χ0v) is 15.5. The molecule has 1 aromatic carbocycles. The normalized spacial score (nSPS) is 14.4. The van der Waals surface area contributed by atoms with E-state index < -0.39 is 13.4 Å². The summed E-state index contributed by atoms with van der Waals surface area (Å²) < 4.78 is 23.9. The van der Waals surface area contributed by atoms with E-state index >= 15 is 0 Å². The molecule has 0 fully saturated rings. The van der Waals surface area contributed by atoms with Gasteiger partial charge in [0.05, 0.1) is 13.2 Å². The molecule has 0 aliphatic rings. The lowest BCUT2D eigenvalue weighted by Gasteiger charge is -2.29. The smallest absolute Gasteiger partial charge is 0.308 e. The molecule has 1 atom stereocenters. The second-order valence-electron chi connectivity index (χ2n) is 5.13. The first-order chi connectivity index (χ1) is 10.3. The molecule has 22 heavy (non-hydrogen) atoms. The molecule has 0 radical (unpaired) electrons. The van der Waals surface area contributed by atoms with Gasteiger partial charge in [0.2, 0.25) is 0 Å². The summed E-state index contributed by atoms with van der Waals surface area (Å²) in [5, 5.41) is 0.526. The van der Waals surface area contributed by atoms with Crippen molar-refractivity contribution in [3.8, 4) is 0 Å². The first-order valence-corrected chi connectivity index (χ1v) is 9.32. The minimum atomic E-state index is -3.30. The molecule has 6 heteroatoms. The fourth-order valence-electron chi connectivity index (χ4n) is 2.01. The van der Waals surface area contributed by atoms with Gasteiger partial charge in [0.15, 0.2) is 0 Å².